The summed E-state index contributed by atoms with van der Waals surface area (Å²) in [6.07, 6.45) is 0.936. The van der Waals surface area contributed by atoms with Crippen LogP contribution in [0.4, 0.5) is 4.39 Å². The van der Waals surface area contributed by atoms with Crippen molar-refractivity contribution < 1.29 is 4.39 Å². The van der Waals surface area contributed by atoms with E-state index in [-0.39, 0.29) is 16.9 Å². The zero-order valence-electron chi connectivity index (χ0n) is 12.2. The molecule has 6 heteroatoms. The van der Waals surface area contributed by atoms with E-state index in [4.69, 9.17) is 29.6 Å². The fourth-order valence-electron chi connectivity index (χ4n) is 2.78. The number of nitrogens with two attached hydrogens (primary N) is 1. The highest BCUT2D eigenvalue weighted by Gasteiger charge is 2.24. The van der Waals surface area contributed by atoms with Crippen molar-refractivity contribution in [3.05, 3.63) is 34.6 Å². The average molecular weight is 330 g/mol. The summed E-state index contributed by atoms with van der Waals surface area (Å²) >= 11 is 11.1. The average Bonchev–Trinajstić information content (AvgIpc) is 2.46. The van der Waals surface area contributed by atoms with Gasteiger partial charge < -0.3 is 5.73 Å². The second-order valence-electron chi connectivity index (χ2n) is 5.35. The summed E-state index contributed by atoms with van der Waals surface area (Å²) < 4.78 is 13.4. The Morgan fingerprint density at radius 3 is 2.62 bits per heavy atom. The van der Waals surface area contributed by atoms with Crippen molar-refractivity contribution in [2.75, 3.05) is 26.2 Å². The van der Waals surface area contributed by atoms with Crippen LogP contribution in [0.2, 0.25) is 5.02 Å². The predicted octanol–water partition coefficient (Wildman–Crippen LogP) is 2.66. The molecule has 1 fully saturated rings. The van der Waals surface area contributed by atoms with Crippen LogP contribution < -0.4 is 5.73 Å². The lowest BCUT2D eigenvalue weighted by atomic mass is 10.1. The minimum Gasteiger partial charge on any atom is -0.392 e. The van der Waals surface area contributed by atoms with Crippen molar-refractivity contribution in [1.82, 2.24) is 9.80 Å². The van der Waals surface area contributed by atoms with E-state index in [9.17, 15) is 4.39 Å². The number of hydrogen-bond acceptors (Lipinski definition) is 3. The molecule has 3 nitrogen and oxygen atoms in total. The lowest BCUT2D eigenvalue weighted by Crippen LogP contribution is -2.53. The maximum absolute atomic E-state index is 13.4. The second kappa shape index (κ2) is 7.49. The van der Waals surface area contributed by atoms with Gasteiger partial charge in [0.15, 0.2) is 0 Å². The van der Waals surface area contributed by atoms with E-state index in [1.165, 1.54) is 6.07 Å². The predicted molar refractivity (Wildman–Crippen MR) is 89.1 cm³/mol. The van der Waals surface area contributed by atoms with Crippen molar-refractivity contribution in [2.24, 2.45) is 5.73 Å². The van der Waals surface area contributed by atoms with Crippen molar-refractivity contribution in [3.8, 4) is 0 Å². The van der Waals surface area contributed by atoms with E-state index in [1.807, 2.05) is 6.07 Å². The molecule has 1 unspecified atom stereocenters. The molecule has 1 aliphatic rings. The van der Waals surface area contributed by atoms with Crippen LogP contribution in [0.3, 0.4) is 0 Å². The fourth-order valence-corrected chi connectivity index (χ4v) is 3.29. The van der Waals surface area contributed by atoms with Crippen LogP contribution in [0.1, 0.15) is 18.9 Å². The first-order valence-electron chi connectivity index (χ1n) is 7.21. The Hall–Kier alpha value is -0.750. The number of nitrogens with zero attached hydrogens (tertiary/aromatic N) is 2. The molecule has 0 bridgehead atoms. The fraction of sp³-hybridized carbons (Fsp3) is 0.533. The van der Waals surface area contributed by atoms with Crippen LogP contribution in [0, 0.1) is 5.82 Å². The summed E-state index contributed by atoms with van der Waals surface area (Å²) in [4.78, 5) is 5.18. The Bertz CT molecular complexity index is 504. The van der Waals surface area contributed by atoms with Crippen molar-refractivity contribution >= 4 is 28.8 Å². The van der Waals surface area contributed by atoms with E-state index < -0.39 is 0 Å². The van der Waals surface area contributed by atoms with Gasteiger partial charge in [-0.15, -0.1) is 0 Å². The Morgan fingerprint density at radius 1 is 1.38 bits per heavy atom. The minimum atomic E-state index is -0.354. The molecule has 0 radical (unpaired) electrons. The second-order valence-corrected chi connectivity index (χ2v) is 6.20. The van der Waals surface area contributed by atoms with Crippen LogP contribution in [0.25, 0.3) is 0 Å². The zero-order chi connectivity index (χ0) is 15.4. The topological polar surface area (TPSA) is 32.5 Å². The van der Waals surface area contributed by atoms with E-state index in [2.05, 4.69) is 16.7 Å². The maximum Gasteiger partial charge on any atom is 0.142 e. The number of halogens is 2. The molecule has 2 N–H and O–H groups in total. The summed E-state index contributed by atoms with van der Waals surface area (Å²) in [5.41, 5.74) is 6.63. The molecule has 1 aromatic rings. The van der Waals surface area contributed by atoms with Gasteiger partial charge in [-0.05, 0) is 18.1 Å². The third-order valence-electron chi connectivity index (χ3n) is 3.99. The molecule has 1 aliphatic heterocycles. The molecule has 0 amide bonds. The molecule has 0 aromatic heterocycles. The molecule has 1 saturated heterocycles. The van der Waals surface area contributed by atoms with Gasteiger partial charge in [0.25, 0.3) is 0 Å². The standard InChI is InChI=1S/C15H21ClFN3S/c1-2-13(15(18)21)20-8-6-19(7-9-20)10-11-4-3-5-12(17)14(11)16/h3-5,13H,2,6-10H2,1H3,(H2,18,21). The number of benzene rings is 1. The first kappa shape index (κ1) is 16.6. The normalized spacial score (nSPS) is 18.6. The van der Waals surface area contributed by atoms with Gasteiger partial charge in [0, 0.05) is 32.7 Å². The summed E-state index contributed by atoms with van der Waals surface area (Å²) in [6.45, 7) is 6.43. The van der Waals surface area contributed by atoms with Gasteiger partial charge in [-0.3, -0.25) is 9.80 Å². The Labute approximate surface area is 135 Å². The summed E-state index contributed by atoms with van der Waals surface area (Å²) in [6, 6.07) is 5.14. The minimum absolute atomic E-state index is 0.180. The van der Waals surface area contributed by atoms with E-state index in [0.717, 1.165) is 38.2 Å². The zero-order valence-corrected chi connectivity index (χ0v) is 13.8. The molecule has 116 valence electrons. The molecule has 1 aromatic carbocycles. The Morgan fingerprint density at radius 2 is 2.05 bits per heavy atom. The van der Waals surface area contributed by atoms with Crippen molar-refractivity contribution in [3.63, 3.8) is 0 Å². The van der Waals surface area contributed by atoms with E-state index >= 15 is 0 Å². The molecule has 0 aliphatic carbocycles. The number of hydrogen-bond donors (Lipinski definition) is 1. The van der Waals surface area contributed by atoms with Crippen molar-refractivity contribution in [1.29, 1.82) is 0 Å². The van der Waals surface area contributed by atoms with Crippen LogP contribution >= 0.6 is 23.8 Å². The highest BCUT2D eigenvalue weighted by Crippen LogP contribution is 2.22. The van der Waals surface area contributed by atoms with Crippen LogP contribution in [-0.2, 0) is 6.54 Å². The highest BCUT2D eigenvalue weighted by atomic mass is 35.5. The summed E-state index contributed by atoms with van der Waals surface area (Å²) in [7, 11) is 0. The van der Waals surface area contributed by atoms with Gasteiger partial charge in [-0.25, -0.2) is 4.39 Å². The van der Waals surface area contributed by atoms with Gasteiger partial charge in [-0.2, -0.15) is 0 Å². The first-order chi connectivity index (χ1) is 10.0. The number of thiocarbonyl (C=S) groups is 1. The lowest BCUT2D eigenvalue weighted by molar-refractivity contribution is 0.112. The molecule has 21 heavy (non-hydrogen) atoms. The van der Waals surface area contributed by atoms with Gasteiger partial charge in [0.2, 0.25) is 0 Å². The van der Waals surface area contributed by atoms with E-state index in [1.54, 1.807) is 6.07 Å². The Balaban J connectivity index is 1.92. The quantitative estimate of drug-likeness (QED) is 0.842. The van der Waals surface area contributed by atoms with Crippen LogP contribution in [0.5, 0.6) is 0 Å². The largest absolute Gasteiger partial charge is 0.392 e. The summed E-state index contributed by atoms with van der Waals surface area (Å²) in [5, 5.41) is 0.231. The van der Waals surface area contributed by atoms with Crippen molar-refractivity contribution in [2.45, 2.75) is 25.9 Å². The smallest absolute Gasteiger partial charge is 0.142 e. The molecule has 1 atom stereocenters. The third kappa shape index (κ3) is 4.13. The molecule has 2 rings (SSSR count). The van der Waals surface area contributed by atoms with Crippen LogP contribution in [0.15, 0.2) is 18.2 Å². The molecule has 1 heterocycles. The van der Waals surface area contributed by atoms with Gasteiger partial charge >= 0.3 is 0 Å². The first-order valence-corrected chi connectivity index (χ1v) is 8.00. The monoisotopic (exact) mass is 329 g/mol. The molecular weight excluding hydrogens is 309 g/mol. The molecule has 0 saturated carbocycles. The van der Waals surface area contributed by atoms with Gasteiger partial charge in [0.05, 0.1) is 16.1 Å². The SMILES string of the molecule is CCC(C(N)=S)N1CCN(Cc2cccc(F)c2Cl)CC1. The Kier molecular flexibility index (Phi) is 5.93. The summed E-state index contributed by atoms with van der Waals surface area (Å²) in [5.74, 6) is -0.354. The third-order valence-corrected chi connectivity index (χ3v) is 4.68. The lowest BCUT2D eigenvalue weighted by Gasteiger charge is -2.38. The number of rotatable bonds is 5. The van der Waals surface area contributed by atoms with Gasteiger partial charge in [0.1, 0.15) is 5.82 Å². The maximum atomic E-state index is 13.4. The molecular formula is C15H21ClFN3S. The molecule has 0 spiro atoms. The number of piperazine rings is 1. The van der Waals surface area contributed by atoms with Crippen LogP contribution in [-0.4, -0.2) is 47.0 Å². The van der Waals surface area contributed by atoms with E-state index in [0.29, 0.717) is 11.5 Å². The van der Waals surface area contributed by atoms with Gasteiger partial charge in [-0.1, -0.05) is 42.9 Å². The highest BCUT2D eigenvalue weighted by molar-refractivity contribution is 7.80.